The van der Waals surface area contributed by atoms with Gasteiger partial charge in [-0.2, -0.15) is 0 Å². The van der Waals surface area contributed by atoms with Gasteiger partial charge >= 0.3 is 0 Å². The van der Waals surface area contributed by atoms with Crippen molar-refractivity contribution in [1.29, 1.82) is 0 Å². The summed E-state index contributed by atoms with van der Waals surface area (Å²) < 4.78 is 10.6. The third-order valence-electron chi connectivity index (χ3n) is 3.41. The smallest absolute Gasteiger partial charge is 0.260 e. The first-order valence-electron chi connectivity index (χ1n) is 7.16. The number of amides is 1. The number of methoxy groups -OCH3 is 1. The van der Waals surface area contributed by atoms with E-state index in [9.17, 15) is 4.79 Å². The van der Waals surface area contributed by atoms with E-state index in [0.29, 0.717) is 19.7 Å². The van der Waals surface area contributed by atoms with Crippen LogP contribution in [-0.4, -0.2) is 55.9 Å². The second-order valence-electron chi connectivity index (χ2n) is 4.94. The quantitative estimate of drug-likeness (QED) is 0.702. The van der Waals surface area contributed by atoms with E-state index in [-0.39, 0.29) is 19.1 Å². The van der Waals surface area contributed by atoms with E-state index in [2.05, 4.69) is 0 Å². The molecule has 0 aliphatic heterocycles. The molecule has 0 aromatic heterocycles. The topological polar surface area (TPSA) is 59.0 Å². The van der Waals surface area contributed by atoms with Crippen molar-refractivity contribution < 1.29 is 19.4 Å². The lowest BCUT2D eigenvalue weighted by molar-refractivity contribution is -0.134. The van der Waals surface area contributed by atoms with E-state index in [1.807, 2.05) is 32.0 Å². The van der Waals surface area contributed by atoms with Crippen molar-refractivity contribution in [2.75, 3.05) is 40.0 Å². The molecule has 118 valence electrons. The number of benzene rings is 1. The fourth-order valence-corrected chi connectivity index (χ4v) is 1.99. The van der Waals surface area contributed by atoms with Crippen LogP contribution >= 0.6 is 0 Å². The number of carbonyl (C=O) groups is 1. The molecule has 21 heavy (non-hydrogen) atoms. The molecule has 0 aliphatic carbocycles. The van der Waals surface area contributed by atoms with Crippen LogP contribution in [0.25, 0.3) is 0 Å². The molecule has 0 saturated heterocycles. The number of aliphatic hydroxyl groups excluding tert-OH is 1. The summed E-state index contributed by atoms with van der Waals surface area (Å²) >= 11 is 0. The van der Waals surface area contributed by atoms with E-state index in [1.54, 1.807) is 12.0 Å². The average Bonchev–Trinajstić information content (AvgIpc) is 2.48. The standard InChI is InChI=1S/C16H25NO4/c1-13-6-4-7-15(14(13)2)21-12-16(19)17(9-10-18)8-5-11-20-3/h4,6-7,18H,5,8-12H2,1-3H3. The van der Waals surface area contributed by atoms with Crippen molar-refractivity contribution in [3.63, 3.8) is 0 Å². The Morgan fingerprint density at radius 2 is 2.05 bits per heavy atom. The molecule has 1 aromatic carbocycles. The van der Waals surface area contributed by atoms with Gasteiger partial charge in [-0.3, -0.25) is 4.79 Å². The molecular formula is C16H25NO4. The fraction of sp³-hybridized carbons (Fsp3) is 0.562. The summed E-state index contributed by atoms with van der Waals surface area (Å²) in [7, 11) is 1.63. The number of hydrogen-bond donors (Lipinski definition) is 1. The molecule has 1 aromatic rings. The molecule has 0 spiro atoms. The Bertz CT molecular complexity index is 448. The third-order valence-corrected chi connectivity index (χ3v) is 3.41. The zero-order chi connectivity index (χ0) is 15.7. The van der Waals surface area contributed by atoms with Gasteiger partial charge in [-0.05, 0) is 37.5 Å². The zero-order valence-corrected chi connectivity index (χ0v) is 13.1. The van der Waals surface area contributed by atoms with Gasteiger partial charge in [-0.25, -0.2) is 0 Å². The Morgan fingerprint density at radius 1 is 1.29 bits per heavy atom. The van der Waals surface area contributed by atoms with Crippen LogP contribution in [0.4, 0.5) is 0 Å². The minimum atomic E-state index is -0.124. The molecular weight excluding hydrogens is 270 g/mol. The largest absolute Gasteiger partial charge is 0.483 e. The molecule has 5 nitrogen and oxygen atoms in total. The van der Waals surface area contributed by atoms with Crippen LogP contribution in [-0.2, 0) is 9.53 Å². The number of rotatable bonds is 9. The normalized spacial score (nSPS) is 10.5. The highest BCUT2D eigenvalue weighted by molar-refractivity contribution is 5.77. The molecule has 1 amide bonds. The molecule has 0 aliphatic rings. The second kappa shape index (κ2) is 9.37. The minimum Gasteiger partial charge on any atom is -0.483 e. The van der Waals surface area contributed by atoms with Gasteiger partial charge < -0.3 is 19.5 Å². The van der Waals surface area contributed by atoms with Crippen molar-refractivity contribution in [3.05, 3.63) is 29.3 Å². The molecule has 5 heteroatoms. The summed E-state index contributed by atoms with van der Waals surface area (Å²) in [6.45, 7) is 5.38. The van der Waals surface area contributed by atoms with Crippen molar-refractivity contribution in [3.8, 4) is 5.75 Å². The monoisotopic (exact) mass is 295 g/mol. The molecule has 1 N–H and O–H groups in total. The zero-order valence-electron chi connectivity index (χ0n) is 13.1. The third kappa shape index (κ3) is 5.73. The van der Waals surface area contributed by atoms with Crippen LogP contribution < -0.4 is 4.74 Å². The Balaban J connectivity index is 2.54. The molecule has 0 atom stereocenters. The summed E-state index contributed by atoms with van der Waals surface area (Å²) in [6, 6.07) is 5.77. The summed E-state index contributed by atoms with van der Waals surface area (Å²) in [5, 5.41) is 9.04. The number of hydrogen-bond acceptors (Lipinski definition) is 4. The predicted molar refractivity (Wildman–Crippen MR) is 81.6 cm³/mol. The average molecular weight is 295 g/mol. The van der Waals surface area contributed by atoms with Gasteiger partial charge in [-0.15, -0.1) is 0 Å². The highest BCUT2D eigenvalue weighted by Gasteiger charge is 2.14. The number of nitrogens with zero attached hydrogens (tertiary/aromatic N) is 1. The fourth-order valence-electron chi connectivity index (χ4n) is 1.99. The lowest BCUT2D eigenvalue weighted by Crippen LogP contribution is -2.38. The minimum absolute atomic E-state index is 0.0166. The SMILES string of the molecule is COCCCN(CCO)C(=O)COc1cccc(C)c1C. The van der Waals surface area contributed by atoms with E-state index in [0.717, 1.165) is 23.3 Å². The van der Waals surface area contributed by atoms with E-state index in [1.165, 1.54) is 0 Å². The molecule has 0 bridgehead atoms. The predicted octanol–water partition coefficient (Wildman–Crippen LogP) is 1.54. The Kier molecular flexibility index (Phi) is 7.79. The molecule has 0 unspecified atom stereocenters. The first-order chi connectivity index (χ1) is 10.1. The highest BCUT2D eigenvalue weighted by Crippen LogP contribution is 2.20. The number of aryl methyl sites for hydroxylation is 1. The first-order valence-corrected chi connectivity index (χ1v) is 7.16. The Morgan fingerprint density at radius 3 is 2.71 bits per heavy atom. The van der Waals surface area contributed by atoms with Gasteiger partial charge in [0.05, 0.1) is 6.61 Å². The van der Waals surface area contributed by atoms with Gasteiger partial charge in [0.1, 0.15) is 5.75 Å². The van der Waals surface area contributed by atoms with Crippen molar-refractivity contribution in [2.24, 2.45) is 0 Å². The first kappa shape index (κ1) is 17.5. The summed E-state index contributed by atoms with van der Waals surface area (Å²) in [6.07, 6.45) is 0.742. The maximum absolute atomic E-state index is 12.1. The van der Waals surface area contributed by atoms with Crippen LogP contribution in [0, 0.1) is 13.8 Å². The summed E-state index contributed by atoms with van der Waals surface area (Å²) in [4.78, 5) is 13.7. The Labute approximate surface area is 126 Å². The number of ether oxygens (including phenoxy) is 2. The highest BCUT2D eigenvalue weighted by atomic mass is 16.5. The van der Waals surface area contributed by atoms with Crippen LogP contribution in [0.15, 0.2) is 18.2 Å². The lowest BCUT2D eigenvalue weighted by Gasteiger charge is -2.22. The van der Waals surface area contributed by atoms with Crippen molar-refractivity contribution in [1.82, 2.24) is 4.90 Å². The maximum atomic E-state index is 12.1. The maximum Gasteiger partial charge on any atom is 0.260 e. The van der Waals surface area contributed by atoms with Gasteiger partial charge in [0.2, 0.25) is 0 Å². The number of carbonyl (C=O) groups excluding carboxylic acids is 1. The van der Waals surface area contributed by atoms with Crippen LogP contribution in [0.1, 0.15) is 17.5 Å². The summed E-state index contributed by atoms with van der Waals surface area (Å²) in [5.41, 5.74) is 2.17. The van der Waals surface area contributed by atoms with Crippen LogP contribution in [0.5, 0.6) is 5.75 Å². The van der Waals surface area contributed by atoms with E-state index < -0.39 is 0 Å². The van der Waals surface area contributed by atoms with Crippen LogP contribution in [0.2, 0.25) is 0 Å². The second-order valence-corrected chi connectivity index (χ2v) is 4.94. The number of aliphatic hydroxyl groups is 1. The van der Waals surface area contributed by atoms with Crippen molar-refractivity contribution >= 4 is 5.91 Å². The van der Waals surface area contributed by atoms with Gasteiger partial charge in [0, 0.05) is 26.8 Å². The lowest BCUT2D eigenvalue weighted by atomic mass is 10.1. The molecule has 1 rings (SSSR count). The van der Waals surface area contributed by atoms with Crippen molar-refractivity contribution in [2.45, 2.75) is 20.3 Å². The van der Waals surface area contributed by atoms with Gasteiger partial charge in [0.15, 0.2) is 6.61 Å². The Hall–Kier alpha value is -1.59. The van der Waals surface area contributed by atoms with E-state index in [4.69, 9.17) is 14.6 Å². The molecule has 0 saturated carbocycles. The molecule has 0 radical (unpaired) electrons. The van der Waals surface area contributed by atoms with Crippen LogP contribution in [0.3, 0.4) is 0 Å². The van der Waals surface area contributed by atoms with E-state index >= 15 is 0 Å². The molecule has 0 heterocycles. The molecule has 0 fully saturated rings. The van der Waals surface area contributed by atoms with Gasteiger partial charge in [-0.1, -0.05) is 12.1 Å². The van der Waals surface area contributed by atoms with Gasteiger partial charge in [0.25, 0.3) is 5.91 Å². The summed E-state index contributed by atoms with van der Waals surface area (Å²) in [5.74, 6) is 0.602.